The third-order valence-corrected chi connectivity index (χ3v) is 6.04. The van der Waals surface area contributed by atoms with Crippen molar-refractivity contribution in [2.45, 2.75) is 51.0 Å². The Hall–Kier alpha value is -5.42. The zero-order valence-corrected chi connectivity index (χ0v) is 22.2. The third kappa shape index (κ3) is 10.3. The van der Waals surface area contributed by atoms with Crippen molar-refractivity contribution in [3.8, 4) is 0 Å². The van der Waals surface area contributed by atoms with E-state index < -0.39 is 60.4 Å². The quantitative estimate of drug-likeness (QED) is 0.102. The average molecular weight is 592 g/mol. The zero-order valence-electron chi connectivity index (χ0n) is 22.2. The molecule has 0 heterocycles. The van der Waals surface area contributed by atoms with Crippen molar-refractivity contribution >= 4 is 46.0 Å². The highest BCUT2D eigenvalue weighted by Gasteiger charge is 2.21. The summed E-state index contributed by atoms with van der Waals surface area (Å²) in [5.41, 5.74) is -1.47. The number of hydrogen-bond donors (Lipinski definition) is 4. The Morgan fingerprint density at radius 1 is 0.690 bits per heavy atom. The number of anilines is 2. The Morgan fingerprint density at radius 3 is 1.60 bits per heavy atom. The first-order chi connectivity index (χ1) is 19.9. The van der Waals surface area contributed by atoms with E-state index in [4.69, 9.17) is 0 Å². The molecular weight excluding hydrogens is 562 g/mol. The lowest BCUT2D eigenvalue weighted by Crippen LogP contribution is -2.40. The van der Waals surface area contributed by atoms with Gasteiger partial charge in [-0.2, -0.15) is 0 Å². The number of amides is 1. The highest BCUT2D eigenvalue weighted by atomic mass is 16.6. The smallest absolute Gasteiger partial charge is 0.326 e. The molecule has 1 amide bonds. The summed E-state index contributed by atoms with van der Waals surface area (Å²) in [5.74, 6) is -1.67. The first kappa shape index (κ1) is 32.8. The van der Waals surface area contributed by atoms with Gasteiger partial charge in [-0.1, -0.05) is 6.42 Å². The van der Waals surface area contributed by atoms with Crippen LogP contribution in [0, 0.1) is 40.5 Å². The molecule has 1 atom stereocenters. The topological polar surface area (TPSA) is 263 Å². The molecule has 2 rings (SSSR count). The minimum atomic E-state index is -1.21. The lowest BCUT2D eigenvalue weighted by Gasteiger charge is -2.15. The fourth-order valence-corrected chi connectivity index (χ4v) is 3.90. The monoisotopic (exact) mass is 591 g/mol. The molecule has 0 aliphatic heterocycles. The molecule has 18 heteroatoms. The Bertz CT molecular complexity index is 1340. The summed E-state index contributed by atoms with van der Waals surface area (Å²) in [6, 6.07) is 5.35. The number of nitro benzene ring substituents is 4. The first-order valence-corrected chi connectivity index (χ1v) is 12.8. The average Bonchev–Trinajstić information content (AvgIpc) is 2.93. The molecular formula is C24H29N7O11. The molecule has 0 saturated carbocycles. The van der Waals surface area contributed by atoms with Crippen molar-refractivity contribution in [1.29, 1.82) is 0 Å². The van der Waals surface area contributed by atoms with Gasteiger partial charge in [0.2, 0.25) is 5.91 Å². The molecule has 0 fully saturated rings. The van der Waals surface area contributed by atoms with Gasteiger partial charge in [-0.3, -0.25) is 45.3 Å². The largest absolute Gasteiger partial charge is 0.480 e. The maximum absolute atomic E-state index is 12.2. The molecule has 0 radical (unpaired) electrons. The van der Waals surface area contributed by atoms with Gasteiger partial charge in [0.15, 0.2) is 0 Å². The zero-order chi connectivity index (χ0) is 31.2. The van der Waals surface area contributed by atoms with Gasteiger partial charge in [0.25, 0.3) is 22.7 Å². The summed E-state index contributed by atoms with van der Waals surface area (Å²) in [6.07, 6.45) is 2.47. The van der Waals surface area contributed by atoms with E-state index in [1.807, 2.05) is 0 Å². The summed E-state index contributed by atoms with van der Waals surface area (Å²) in [6.45, 7) is 0.547. The van der Waals surface area contributed by atoms with Gasteiger partial charge in [-0.25, -0.2) is 4.79 Å². The Morgan fingerprint density at radius 2 is 1.17 bits per heavy atom. The third-order valence-electron chi connectivity index (χ3n) is 6.04. The first-order valence-electron chi connectivity index (χ1n) is 12.8. The molecule has 0 saturated heterocycles. The molecule has 0 aliphatic rings. The van der Waals surface area contributed by atoms with Gasteiger partial charge >= 0.3 is 5.97 Å². The number of carbonyl (C=O) groups is 2. The van der Waals surface area contributed by atoms with E-state index >= 15 is 0 Å². The van der Waals surface area contributed by atoms with Crippen LogP contribution in [0.25, 0.3) is 0 Å². The van der Waals surface area contributed by atoms with Gasteiger partial charge in [0, 0.05) is 31.6 Å². The van der Waals surface area contributed by atoms with Crippen LogP contribution in [0.3, 0.4) is 0 Å². The van der Waals surface area contributed by atoms with Crippen molar-refractivity contribution in [3.05, 3.63) is 76.9 Å². The molecule has 18 nitrogen and oxygen atoms in total. The number of carboxylic acid groups (broad SMARTS) is 1. The highest BCUT2D eigenvalue weighted by molar-refractivity contribution is 5.83. The van der Waals surface area contributed by atoms with E-state index in [1.54, 1.807) is 0 Å². The number of nitrogens with one attached hydrogen (secondary N) is 3. The van der Waals surface area contributed by atoms with Crippen LogP contribution in [0.5, 0.6) is 0 Å². The van der Waals surface area contributed by atoms with E-state index in [1.165, 1.54) is 12.1 Å². The molecule has 4 N–H and O–H groups in total. The Labute approximate surface area is 237 Å². The van der Waals surface area contributed by atoms with Crippen molar-refractivity contribution in [1.82, 2.24) is 5.32 Å². The van der Waals surface area contributed by atoms with Crippen molar-refractivity contribution in [2.75, 3.05) is 23.7 Å². The van der Waals surface area contributed by atoms with E-state index in [9.17, 15) is 55.2 Å². The van der Waals surface area contributed by atoms with Gasteiger partial charge in [-0.15, -0.1) is 0 Å². The lowest BCUT2D eigenvalue weighted by molar-refractivity contribution is -0.393. The Kier molecular flexibility index (Phi) is 12.5. The normalized spacial score (nSPS) is 11.2. The number of rotatable bonds is 19. The summed E-state index contributed by atoms with van der Waals surface area (Å²) in [4.78, 5) is 64.9. The number of benzene rings is 2. The maximum atomic E-state index is 12.2. The molecule has 2 aromatic carbocycles. The van der Waals surface area contributed by atoms with Gasteiger partial charge in [0.05, 0.1) is 31.8 Å². The van der Waals surface area contributed by atoms with E-state index in [0.717, 1.165) is 24.3 Å². The maximum Gasteiger partial charge on any atom is 0.326 e. The summed E-state index contributed by atoms with van der Waals surface area (Å²) in [7, 11) is 0. The lowest BCUT2D eigenvalue weighted by atomic mass is 10.1. The van der Waals surface area contributed by atoms with Crippen LogP contribution in [0.1, 0.15) is 44.9 Å². The summed E-state index contributed by atoms with van der Waals surface area (Å²) < 4.78 is 0. The number of unbranched alkanes of at least 4 members (excludes halogenated alkanes) is 3. The van der Waals surface area contributed by atoms with E-state index in [2.05, 4.69) is 16.0 Å². The second kappa shape index (κ2) is 16.0. The Balaban J connectivity index is 1.70. The van der Waals surface area contributed by atoms with Crippen LogP contribution in [0.15, 0.2) is 36.4 Å². The number of non-ortho nitro benzene ring substituents is 2. The number of aliphatic carboxylic acids is 1. The standard InChI is InChI=1S/C24H29N7O11/c32-23(7-2-1-4-12-25-18-10-8-16(28(35)36)14-21(18)30(39)40)27-20(24(33)34)6-3-5-13-26-19-11-9-17(29(37)38)15-22(19)31(41)42/h8-11,14-15,20,25-26H,1-7,12-13H2,(H,27,32)(H,33,34)/t20-/m0/s1. The molecule has 42 heavy (non-hydrogen) atoms. The predicted octanol–water partition coefficient (Wildman–Crippen LogP) is 4.14. The molecule has 2 aromatic rings. The summed E-state index contributed by atoms with van der Waals surface area (Å²) in [5, 5.41) is 61.6. The van der Waals surface area contributed by atoms with Crippen LogP contribution in [-0.4, -0.2) is 55.8 Å². The van der Waals surface area contributed by atoms with Crippen molar-refractivity contribution in [3.63, 3.8) is 0 Å². The van der Waals surface area contributed by atoms with Crippen molar-refractivity contribution in [2.24, 2.45) is 0 Å². The van der Waals surface area contributed by atoms with Gasteiger partial charge in [0.1, 0.15) is 17.4 Å². The minimum Gasteiger partial charge on any atom is -0.480 e. The van der Waals surface area contributed by atoms with Crippen LogP contribution in [0.2, 0.25) is 0 Å². The molecule has 0 aromatic heterocycles. The highest BCUT2D eigenvalue weighted by Crippen LogP contribution is 2.30. The van der Waals surface area contributed by atoms with Crippen LogP contribution < -0.4 is 16.0 Å². The minimum absolute atomic E-state index is 0.0623. The van der Waals surface area contributed by atoms with Crippen molar-refractivity contribution < 1.29 is 34.4 Å². The SMILES string of the molecule is O=C(CCCCCNc1ccc([N+](=O)[O-])cc1[N+](=O)[O-])N[C@@H](CCCCNc1ccc([N+](=O)[O-])cc1[N+](=O)[O-])C(=O)O. The van der Waals surface area contributed by atoms with Crippen LogP contribution >= 0.6 is 0 Å². The number of nitrogens with zero attached hydrogens (tertiary/aromatic N) is 4. The number of carbonyl (C=O) groups excluding carboxylic acids is 1. The fraction of sp³-hybridized carbons (Fsp3) is 0.417. The number of carboxylic acids is 1. The van der Waals surface area contributed by atoms with Gasteiger partial charge in [-0.05, 0) is 44.2 Å². The predicted molar refractivity (Wildman–Crippen MR) is 148 cm³/mol. The van der Waals surface area contributed by atoms with Crippen LogP contribution in [-0.2, 0) is 9.59 Å². The molecule has 0 unspecified atom stereocenters. The summed E-state index contributed by atoms with van der Waals surface area (Å²) >= 11 is 0. The molecule has 226 valence electrons. The fourth-order valence-electron chi connectivity index (χ4n) is 3.90. The second-order valence-corrected chi connectivity index (χ2v) is 9.05. The molecule has 0 aliphatic carbocycles. The van der Waals surface area contributed by atoms with E-state index in [-0.39, 0.29) is 30.8 Å². The number of hydrogen-bond acceptors (Lipinski definition) is 12. The molecule has 0 spiro atoms. The molecule has 0 bridgehead atoms. The van der Waals surface area contributed by atoms with Gasteiger partial charge < -0.3 is 21.1 Å². The second-order valence-electron chi connectivity index (χ2n) is 9.05. The van der Waals surface area contributed by atoms with Crippen LogP contribution in [0.4, 0.5) is 34.1 Å². The van der Waals surface area contributed by atoms with E-state index in [0.29, 0.717) is 38.6 Å². The number of nitro groups is 4.